The average molecular weight is 299 g/mol. The summed E-state index contributed by atoms with van der Waals surface area (Å²) in [6.07, 6.45) is 0. The molecule has 0 aliphatic heterocycles. The van der Waals surface area contributed by atoms with Crippen molar-refractivity contribution in [3.63, 3.8) is 0 Å². The van der Waals surface area contributed by atoms with Crippen LogP contribution in [0.4, 0.5) is 0 Å². The standard InChI is InChI=1S/C15H13N3S2/c1-16-14(19)17-15-18(11-7-3-2-4-8-11)12-9-5-6-10-13(12)20-15/h2-10H,1H3,(H,16,19). The molecule has 100 valence electrons. The van der Waals surface area contributed by atoms with E-state index >= 15 is 0 Å². The number of rotatable bonds is 1. The van der Waals surface area contributed by atoms with Crippen molar-refractivity contribution in [2.24, 2.45) is 4.99 Å². The summed E-state index contributed by atoms with van der Waals surface area (Å²) in [7, 11) is 1.78. The first-order valence-electron chi connectivity index (χ1n) is 6.22. The van der Waals surface area contributed by atoms with E-state index in [2.05, 4.69) is 39.1 Å². The van der Waals surface area contributed by atoms with Crippen LogP contribution in [-0.4, -0.2) is 16.7 Å². The normalized spacial score (nSPS) is 11.8. The fraction of sp³-hybridized carbons (Fsp3) is 0.0667. The second kappa shape index (κ2) is 5.56. The number of thiazole rings is 1. The first-order valence-corrected chi connectivity index (χ1v) is 7.44. The van der Waals surface area contributed by atoms with E-state index in [4.69, 9.17) is 12.2 Å². The summed E-state index contributed by atoms with van der Waals surface area (Å²) in [5.41, 5.74) is 2.23. The predicted octanol–water partition coefficient (Wildman–Crippen LogP) is 3.10. The molecule has 1 heterocycles. The molecule has 20 heavy (non-hydrogen) atoms. The van der Waals surface area contributed by atoms with E-state index in [0.29, 0.717) is 5.11 Å². The Morgan fingerprint density at radius 2 is 1.80 bits per heavy atom. The maximum absolute atomic E-state index is 5.17. The Bertz CT molecular complexity index is 816. The Hall–Kier alpha value is -1.98. The summed E-state index contributed by atoms with van der Waals surface area (Å²) in [6.45, 7) is 0. The van der Waals surface area contributed by atoms with E-state index in [9.17, 15) is 0 Å². The molecule has 3 aromatic rings. The van der Waals surface area contributed by atoms with Crippen LogP contribution in [0.15, 0.2) is 59.6 Å². The highest BCUT2D eigenvalue weighted by Gasteiger charge is 2.07. The molecular formula is C15H13N3S2. The quantitative estimate of drug-likeness (QED) is 0.700. The number of hydrogen-bond acceptors (Lipinski definition) is 2. The van der Waals surface area contributed by atoms with Crippen molar-refractivity contribution in [2.75, 3.05) is 7.05 Å². The monoisotopic (exact) mass is 299 g/mol. The van der Waals surface area contributed by atoms with Crippen molar-refractivity contribution < 1.29 is 0 Å². The number of hydrogen-bond donors (Lipinski definition) is 1. The van der Waals surface area contributed by atoms with E-state index in [1.165, 1.54) is 4.70 Å². The summed E-state index contributed by atoms with van der Waals surface area (Å²) in [6, 6.07) is 18.5. The van der Waals surface area contributed by atoms with Crippen molar-refractivity contribution in [3.05, 3.63) is 59.4 Å². The molecule has 0 bridgehead atoms. The van der Waals surface area contributed by atoms with Crippen LogP contribution in [0.25, 0.3) is 15.9 Å². The fourth-order valence-corrected chi connectivity index (χ4v) is 3.20. The highest BCUT2D eigenvalue weighted by molar-refractivity contribution is 7.80. The summed E-state index contributed by atoms with van der Waals surface area (Å²) in [5.74, 6) is 0. The van der Waals surface area contributed by atoms with E-state index in [-0.39, 0.29) is 0 Å². The van der Waals surface area contributed by atoms with E-state index in [1.807, 2.05) is 30.3 Å². The highest BCUT2D eigenvalue weighted by atomic mass is 32.1. The Labute approximate surface area is 126 Å². The minimum atomic E-state index is 0.487. The molecule has 0 unspecified atom stereocenters. The van der Waals surface area contributed by atoms with Crippen LogP contribution in [0.3, 0.4) is 0 Å². The van der Waals surface area contributed by atoms with Gasteiger partial charge in [0.25, 0.3) is 0 Å². The third-order valence-electron chi connectivity index (χ3n) is 2.92. The van der Waals surface area contributed by atoms with Gasteiger partial charge in [0.15, 0.2) is 9.91 Å². The average Bonchev–Trinajstić information content (AvgIpc) is 2.85. The molecular weight excluding hydrogens is 286 g/mol. The highest BCUT2D eigenvalue weighted by Crippen LogP contribution is 2.20. The first kappa shape index (κ1) is 13.0. The molecule has 1 N–H and O–H groups in total. The molecule has 0 saturated heterocycles. The van der Waals surface area contributed by atoms with Gasteiger partial charge in [-0.3, -0.25) is 4.57 Å². The lowest BCUT2D eigenvalue weighted by Crippen LogP contribution is -2.20. The van der Waals surface area contributed by atoms with Crippen LogP contribution in [-0.2, 0) is 0 Å². The lowest BCUT2D eigenvalue weighted by Gasteiger charge is -2.04. The minimum absolute atomic E-state index is 0.487. The SMILES string of the molecule is CNC(=S)N=c1sc2ccccc2n1-c1ccccc1. The van der Waals surface area contributed by atoms with Gasteiger partial charge in [-0.1, -0.05) is 41.7 Å². The van der Waals surface area contributed by atoms with Gasteiger partial charge >= 0.3 is 0 Å². The Morgan fingerprint density at radius 1 is 1.10 bits per heavy atom. The summed E-state index contributed by atoms with van der Waals surface area (Å²) in [4.78, 5) is 5.36. The van der Waals surface area contributed by atoms with Gasteiger partial charge in [0.05, 0.1) is 10.2 Å². The molecule has 1 aromatic heterocycles. The predicted molar refractivity (Wildman–Crippen MR) is 88.4 cm³/mol. The van der Waals surface area contributed by atoms with Gasteiger partial charge in [-0.25, -0.2) is 0 Å². The number of nitrogens with zero attached hydrogens (tertiary/aromatic N) is 2. The Balaban J connectivity index is 2.35. The van der Waals surface area contributed by atoms with Crippen molar-refractivity contribution >= 4 is 38.9 Å². The molecule has 3 rings (SSSR count). The Kier molecular flexibility index (Phi) is 3.62. The zero-order valence-corrected chi connectivity index (χ0v) is 12.5. The first-order chi connectivity index (χ1) is 9.79. The van der Waals surface area contributed by atoms with Gasteiger partial charge in [0.1, 0.15) is 0 Å². The van der Waals surface area contributed by atoms with Gasteiger partial charge in [-0.2, -0.15) is 4.99 Å². The molecule has 2 aromatic carbocycles. The van der Waals surface area contributed by atoms with Gasteiger partial charge < -0.3 is 5.32 Å². The maximum atomic E-state index is 5.17. The molecule has 0 saturated carbocycles. The molecule has 0 fully saturated rings. The van der Waals surface area contributed by atoms with Crippen LogP contribution in [0.1, 0.15) is 0 Å². The van der Waals surface area contributed by atoms with Crippen LogP contribution in [0, 0.1) is 0 Å². The number of nitrogens with one attached hydrogen (secondary N) is 1. The molecule has 0 atom stereocenters. The van der Waals surface area contributed by atoms with Gasteiger partial charge in [-0.05, 0) is 36.5 Å². The van der Waals surface area contributed by atoms with E-state index in [1.54, 1.807) is 18.4 Å². The molecule has 5 heteroatoms. The summed E-state index contributed by atoms with van der Waals surface area (Å²) < 4.78 is 3.32. The zero-order chi connectivity index (χ0) is 13.9. The number of fused-ring (bicyclic) bond motifs is 1. The molecule has 0 radical (unpaired) electrons. The van der Waals surface area contributed by atoms with Crippen molar-refractivity contribution in [1.29, 1.82) is 0 Å². The number of aromatic nitrogens is 1. The van der Waals surface area contributed by atoms with E-state index in [0.717, 1.165) is 16.0 Å². The molecule has 3 nitrogen and oxygen atoms in total. The second-order valence-electron chi connectivity index (χ2n) is 4.19. The lowest BCUT2D eigenvalue weighted by atomic mass is 10.3. The third kappa shape index (κ3) is 2.37. The van der Waals surface area contributed by atoms with Crippen LogP contribution >= 0.6 is 23.6 Å². The molecule has 0 amide bonds. The van der Waals surface area contributed by atoms with Gasteiger partial charge in [0, 0.05) is 12.7 Å². The van der Waals surface area contributed by atoms with Crippen molar-refractivity contribution in [3.8, 4) is 5.69 Å². The van der Waals surface area contributed by atoms with Gasteiger partial charge in [-0.15, -0.1) is 0 Å². The number of para-hydroxylation sites is 2. The zero-order valence-electron chi connectivity index (χ0n) is 10.9. The van der Waals surface area contributed by atoms with Crippen LogP contribution < -0.4 is 10.1 Å². The van der Waals surface area contributed by atoms with Gasteiger partial charge in [0.2, 0.25) is 0 Å². The summed E-state index contributed by atoms with van der Waals surface area (Å²) >= 11 is 6.80. The smallest absolute Gasteiger partial charge is 0.197 e. The lowest BCUT2D eigenvalue weighted by molar-refractivity contribution is 1.04. The van der Waals surface area contributed by atoms with Crippen molar-refractivity contribution in [2.45, 2.75) is 0 Å². The van der Waals surface area contributed by atoms with Crippen LogP contribution in [0.5, 0.6) is 0 Å². The number of benzene rings is 2. The minimum Gasteiger partial charge on any atom is -0.364 e. The maximum Gasteiger partial charge on any atom is 0.197 e. The van der Waals surface area contributed by atoms with Crippen molar-refractivity contribution in [1.82, 2.24) is 9.88 Å². The molecule has 0 spiro atoms. The summed E-state index contributed by atoms with van der Waals surface area (Å²) in [5, 5.41) is 3.38. The molecule has 0 aliphatic carbocycles. The fourth-order valence-electron chi connectivity index (χ4n) is 2.02. The van der Waals surface area contributed by atoms with E-state index < -0.39 is 0 Å². The third-order valence-corrected chi connectivity index (χ3v) is 4.24. The second-order valence-corrected chi connectivity index (χ2v) is 5.59. The topological polar surface area (TPSA) is 29.3 Å². The molecule has 0 aliphatic rings. The Morgan fingerprint density at radius 3 is 2.55 bits per heavy atom. The number of thiocarbonyl (C=S) groups is 1. The van der Waals surface area contributed by atoms with Crippen LogP contribution in [0.2, 0.25) is 0 Å². The largest absolute Gasteiger partial charge is 0.364 e.